The summed E-state index contributed by atoms with van der Waals surface area (Å²) in [5, 5.41) is 1.09. The van der Waals surface area contributed by atoms with E-state index in [9.17, 15) is 0 Å². The van der Waals surface area contributed by atoms with E-state index in [1.165, 1.54) is 12.8 Å². The number of imidazole rings is 1. The Kier molecular flexibility index (Phi) is 3.95. The lowest BCUT2D eigenvalue weighted by Gasteiger charge is -2.01. The Bertz CT molecular complexity index is 745. The van der Waals surface area contributed by atoms with Crippen LogP contribution in [0.3, 0.4) is 0 Å². The molecule has 3 aromatic heterocycles. The summed E-state index contributed by atoms with van der Waals surface area (Å²) in [5.74, 6) is 0. The van der Waals surface area contributed by atoms with Crippen LogP contribution in [0.4, 0.5) is 0 Å². The van der Waals surface area contributed by atoms with Gasteiger partial charge in [-0.25, -0.2) is 19.1 Å². The van der Waals surface area contributed by atoms with Crippen LogP contribution in [0.5, 0.6) is 0 Å². The van der Waals surface area contributed by atoms with Crippen molar-refractivity contribution in [2.45, 2.75) is 39.8 Å². The Balaban J connectivity index is 1.79. The molecule has 3 aromatic rings. The van der Waals surface area contributed by atoms with Crippen molar-refractivity contribution < 1.29 is 4.57 Å². The number of pyridine rings is 2. The van der Waals surface area contributed by atoms with Crippen molar-refractivity contribution in [3.05, 3.63) is 54.4 Å². The molecule has 0 saturated carbocycles. The molecule has 0 N–H and O–H groups in total. The van der Waals surface area contributed by atoms with Crippen molar-refractivity contribution in [2.24, 2.45) is 0 Å². The van der Waals surface area contributed by atoms with Crippen molar-refractivity contribution in [3.63, 3.8) is 0 Å². The highest BCUT2D eigenvalue weighted by molar-refractivity contribution is 5.74. The zero-order chi connectivity index (χ0) is 14.7. The third kappa shape index (κ3) is 3.27. The minimum absolute atomic E-state index is 0.782. The molecule has 0 amide bonds. The quantitative estimate of drug-likeness (QED) is 0.674. The Morgan fingerprint density at radius 3 is 2.86 bits per heavy atom. The largest absolute Gasteiger partial charge is 0.244 e. The topological polar surface area (TPSA) is 34.6 Å². The van der Waals surface area contributed by atoms with Gasteiger partial charge >= 0.3 is 0 Å². The fourth-order valence-corrected chi connectivity index (χ4v) is 2.41. The molecule has 0 aromatic carbocycles. The van der Waals surface area contributed by atoms with Crippen LogP contribution in [-0.2, 0) is 13.1 Å². The Morgan fingerprint density at radius 1 is 1.14 bits per heavy atom. The molecule has 108 valence electrons. The van der Waals surface area contributed by atoms with E-state index in [2.05, 4.69) is 62.9 Å². The summed E-state index contributed by atoms with van der Waals surface area (Å²) in [6, 6.07) is 8.27. The highest BCUT2D eigenvalue weighted by atomic mass is 15.1. The average Bonchev–Trinajstić information content (AvgIpc) is 2.92. The maximum absolute atomic E-state index is 4.66. The summed E-state index contributed by atoms with van der Waals surface area (Å²) in [5.41, 5.74) is 2.88. The van der Waals surface area contributed by atoms with Crippen LogP contribution >= 0.6 is 0 Å². The van der Waals surface area contributed by atoms with E-state index < -0.39 is 0 Å². The molecule has 4 nitrogen and oxygen atoms in total. The summed E-state index contributed by atoms with van der Waals surface area (Å²) in [6.45, 7) is 6.07. The Labute approximate surface area is 125 Å². The van der Waals surface area contributed by atoms with Gasteiger partial charge in [0.2, 0.25) is 6.33 Å². The number of fused-ring (bicyclic) bond motifs is 1. The van der Waals surface area contributed by atoms with Crippen molar-refractivity contribution in [1.29, 1.82) is 0 Å². The second kappa shape index (κ2) is 6.04. The van der Waals surface area contributed by atoms with E-state index >= 15 is 0 Å². The fraction of sp³-hybridized carbons (Fsp3) is 0.353. The second-order valence-corrected chi connectivity index (χ2v) is 5.48. The van der Waals surface area contributed by atoms with Crippen molar-refractivity contribution in [2.75, 3.05) is 0 Å². The van der Waals surface area contributed by atoms with Crippen LogP contribution in [0.1, 0.15) is 31.2 Å². The SMILES string of the molecule is CCCCn1cc[n+](Cc2ccc3ccc(C)nc3n2)c1. The van der Waals surface area contributed by atoms with E-state index in [1.807, 2.05) is 13.0 Å². The maximum atomic E-state index is 4.66. The van der Waals surface area contributed by atoms with Gasteiger partial charge in [-0.3, -0.25) is 0 Å². The molecule has 0 saturated heterocycles. The molecule has 0 spiro atoms. The van der Waals surface area contributed by atoms with Gasteiger partial charge in [0.05, 0.1) is 12.2 Å². The average molecular weight is 281 g/mol. The van der Waals surface area contributed by atoms with Crippen LogP contribution in [-0.4, -0.2) is 14.5 Å². The molecule has 0 bridgehead atoms. The summed E-state index contributed by atoms with van der Waals surface area (Å²) in [4.78, 5) is 9.16. The van der Waals surface area contributed by atoms with E-state index in [4.69, 9.17) is 0 Å². The van der Waals surface area contributed by atoms with E-state index in [0.717, 1.165) is 35.5 Å². The van der Waals surface area contributed by atoms with Crippen LogP contribution in [0.2, 0.25) is 0 Å². The first-order valence-corrected chi connectivity index (χ1v) is 7.53. The van der Waals surface area contributed by atoms with E-state index in [-0.39, 0.29) is 0 Å². The molecule has 0 aliphatic rings. The minimum atomic E-state index is 0.782. The zero-order valence-corrected chi connectivity index (χ0v) is 12.7. The lowest BCUT2D eigenvalue weighted by atomic mass is 10.2. The summed E-state index contributed by atoms with van der Waals surface area (Å²) < 4.78 is 4.40. The van der Waals surface area contributed by atoms with Gasteiger partial charge in [-0.2, -0.15) is 0 Å². The summed E-state index contributed by atoms with van der Waals surface area (Å²) in [7, 11) is 0. The Morgan fingerprint density at radius 2 is 2.00 bits per heavy atom. The first-order chi connectivity index (χ1) is 10.2. The Hall–Kier alpha value is -2.23. The van der Waals surface area contributed by atoms with Crippen molar-refractivity contribution >= 4 is 11.0 Å². The maximum Gasteiger partial charge on any atom is 0.244 e. The molecule has 21 heavy (non-hydrogen) atoms. The first-order valence-electron chi connectivity index (χ1n) is 7.53. The monoisotopic (exact) mass is 281 g/mol. The lowest BCUT2D eigenvalue weighted by molar-refractivity contribution is -0.688. The number of aryl methyl sites for hydroxylation is 2. The van der Waals surface area contributed by atoms with Gasteiger partial charge in [0.15, 0.2) is 5.65 Å². The van der Waals surface area contributed by atoms with Crippen LogP contribution in [0, 0.1) is 6.92 Å². The van der Waals surface area contributed by atoms with Gasteiger partial charge in [-0.15, -0.1) is 0 Å². The van der Waals surface area contributed by atoms with Gasteiger partial charge in [0.1, 0.15) is 18.9 Å². The number of aromatic nitrogens is 4. The molecule has 0 aliphatic carbocycles. The van der Waals surface area contributed by atoms with Crippen LogP contribution in [0.15, 0.2) is 43.0 Å². The van der Waals surface area contributed by atoms with Crippen LogP contribution < -0.4 is 4.57 Å². The third-order valence-corrected chi connectivity index (χ3v) is 3.61. The van der Waals surface area contributed by atoms with E-state index in [0.29, 0.717) is 0 Å². The van der Waals surface area contributed by atoms with Crippen LogP contribution in [0.25, 0.3) is 11.0 Å². The number of unbranched alkanes of at least 4 members (excludes halogenated alkanes) is 1. The van der Waals surface area contributed by atoms with Crippen molar-refractivity contribution in [3.8, 4) is 0 Å². The molecule has 0 radical (unpaired) electrons. The van der Waals surface area contributed by atoms with Gasteiger partial charge in [-0.05, 0) is 37.6 Å². The van der Waals surface area contributed by atoms with Crippen molar-refractivity contribution in [1.82, 2.24) is 14.5 Å². The molecule has 3 heterocycles. The predicted molar refractivity (Wildman–Crippen MR) is 82.9 cm³/mol. The number of nitrogens with zero attached hydrogens (tertiary/aromatic N) is 4. The van der Waals surface area contributed by atoms with Gasteiger partial charge < -0.3 is 0 Å². The second-order valence-electron chi connectivity index (χ2n) is 5.48. The molecular weight excluding hydrogens is 260 g/mol. The zero-order valence-electron chi connectivity index (χ0n) is 12.7. The molecular formula is C17H21N4+. The molecule has 3 rings (SSSR count). The van der Waals surface area contributed by atoms with E-state index in [1.54, 1.807) is 0 Å². The molecule has 0 fully saturated rings. The number of hydrogen-bond donors (Lipinski definition) is 0. The summed E-state index contributed by atoms with van der Waals surface area (Å²) >= 11 is 0. The lowest BCUT2D eigenvalue weighted by Crippen LogP contribution is -2.32. The van der Waals surface area contributed by atoms with Gasteiger partial charge in [0.25, 0.3) is 0 Å². The molecule has 0 unspecified atom stereocenters. The smallest absolute Gasteiger partial charge is 0.237 e. The summed E-state index contributed by atoms with van der Waals surface area (Å²) in [6.07, 6.45) is 8.80. The molecule has 0 atom stereocenters. The van der Waals surface area contributed by atoms with Gasteiger partial charge in [0, 0.05) is 11.1 Å². The molecule has 0 aliphatic heterocycles. The highest BCUT2D eigenvalue weighted by Crippen LogP contribution is 2.11. The number of hydrogen-bond acceptors (Lipinski definition) is 2. The first kappa shape index (κ1) is 13.7. The predicted octanol–water partition coefficient (Wildman–Crippen LogP) is 2.88. The van der Waals surface area contributed by atoms with Gasteiger partial charge in [-0.1, -0.05) is 13.3 Å². The minimum Gasteiger partial charge on any atom is -0.237 e. The highest BCUT2D eigenvalue weighted by Gasteiger charge is 2.06. The molecule has 4 heteroatoms. The third-order valence-electron chi connectivity index (χ3n) is 3.61. The number of rotatable bonds is 5. The standard InChI is InChI=1S/C17H21N4/c1-3-4-9-20-10-11-21(13-20)12-16-8-7-15-6-5-14(2)18-17(15)19-16/h5-8,10-11,13H,3-4,9,12H2,1-2H3/q+1. The normalized spacial score (nSPS) is 11.1. The fourth-order valence-electron chi connectivity index (χ4n) is 2.41.